The van der Waals surface area contributed by atoms with E-state index in [4.69, 9.17) is 0 Å². The van der Waals surface area contributed by atoms with E-state index < -0.39 is 0 Å². The molecule has 1 saturated carbocycles. The van der Waals surface area contributed by atoms with Crippen molar-refractivity contribution in [3.63, 3.8) is 0 Å². The van der Waals surface area contributed by atoms with Crippen molar-refractivity contribution in [2.75, 3.05) is 13.6 Å². The second kappa shape index (κ2) is 8.47. The standard InChI is InChI=1S/C21H28N2O3/c1-22(16-10-5-3-2-4-6-11-16)19(24)14-9-15-23-20(25)17-12-7-8-13-18(17)21(23)26/h7-8,12-13,16H,2-6,9-11,14-15H2,1H3. The molecule has 5 nitrogen and oxygen atoms in total. The zero-order chi connectivity index (χ0) is 18.5. The molecule has 140 valence electrons. The fraction of sp³-hybridized carbons (Fsp3) is 0.571. The van der Waals surface area contributed by atoms with Crippen molar-refractivity contribution < 1.29 is 14.4 Å². The third-order valence-electron chi connectivity index (χ3n) is 5.67. The van der Waals surface area contributed by atoms with Crippen LogP contribution in [0.1, 0.15) is 78.5 Å². The first-order valence-electron chi connectivity index (χ1n) is 9.80. The van der Waals surface area contributed by atoms with Gasteiger partial charge in [-0.1, -0.05) is 44.2 Å². The lowest BCUT2D eigenvalue weighted by Gasteiger charge is -2.30. The van der Waals surface area contributed by atoms with Gasteiger partial charge in [0, 0.05) is 26.1 Å². The number of carbonyl (C=O) groups is 3. The van der Waals surface area contributed by atoms with Crippen LogP contribution in [0.15, 0.2) is 24.3 Å². The summed E-state index contributed by atoms with van der Waals surface area (Å²) >= 11 is 0. The normalized spacial score (nSPS) is 18.4. The molecule has 1 aliphatic heterocycles. The van der Waals surface area contributed by atoms with Gasteiger partial charge in [0.25, 0.3) is 11.8 Å². The van der Waals surface area contributed by atoms with E-state index >= 15 is 0 Å². The summed E-state index contributed by atoms with van der Waals surface area (Å²) in [6.45, 7) is 0.302. The molecule has 0 atom stereocenters. The van der Waals surface area contributed by atoms with E-state index in [-0.39, 0.29) is 17.7 Å². The number of carbonyl (C=O) groups excluding carboxylic acids is 3. The van der Waals surface area contributed by atoms with Gasteiger partial charge in [-0.25, -0.2) is 0 Å². The quantitative estimate of drug-likeness (QED) is 0.757. The number of hydrogen-bond donors (Lipinski definition) is 0. The molecule has 26 heavy (non-hydrogen) atoms. The summed E-state index contributed by atoms with van der Waals surface area (Å²) in [4.78, 5) is 40.4. The molecular weight excluding hydrogens is 328 g/mol. The summed E-state index contributed by atoms with van der Waals surface area (Å²) in [6, 6.07) is 7.23. The van der Waals surface area contributed by atoms with Crippen molar-refractivity contribution in [2.24, 2.45) is 0 Å². The Bertz CT molecular complexity index is 643. The van der Waals surface area contributed by atoms with Crippen LogP contribution in [0, 0.1) is 0 Å². The summed E-state index contributed by atoms with van der Waals surface area (Å²) in [5.41, 5.74) is 0.936. The van der Waals surface area contributed by atoms with Gasteiger partial charge in [0.15, 0.2) is 0 Å². The molecule has 0 N–H and O–H groups in total. The third kappa shape index (κ3) is 3.97. The average molecular weight is 356 g/mol. The van der Waals surface area contributed by atoms with Gasteiger partial charge < -0.3 is 4.90 Å². The zero-order valence-corrected chi connectivity index (χ0v) is 15.6. The van der Waals surface area contributed by atoms with Crippen molar-refractivity contribution in [3.05, 3.63) is 35.4 Å². The molecule has 1 aliphatic carbocycles. The predicted molar refractivity (Wildman–Crippen MR) is 99.9 cm³/mol. The van der Waals surface area contributed by atoms with Crippen LogP contribution in [0.2, 0.25) is 0 Å². The molecule has 5 heteroatoms. The fourth-order valence-electron chi connectivity index (χ4n) is 4.03. The second-order valence-corrected chi connectivity index (χ2v) is 7.41. The van der Waals surface area contributed by atoms with E-state index in [2.05, 4.69) is 0 Å². The van der Waals surface area contributed by atoms with E-state index in [0.29, 0.717) is 36.6 Å². The lowest BCUT2D eigenvalue weighted by molar-refractivity contribution is -0.132. The van der Waals surface area contributed by atoms with Crippen LogP contribution in [-0.4, -0.2) is 47.2 Å². The Kier molecular flexibility index (Phi) is 6.07. The highest BCUT2D eigenvalue weighted by molar-refractivity contribution is 6.21. The van der Waals surface area contributed by atoms with E-state index in [1.165, 1.54) is 37.0 Å². The van der Waals surface area contributed by atoms with Crippen LogP contribution in [0.25, 0.3) is 0 Å². The van der Waals surface area contributed by atoms with Gasteiger partial charge in [0.2, 0.25) is 5.91 Å². The Morgan fingerprint density at radius 1 is 1.00 bits per heavy atom. The molecule has 2 aliphatic rings. The number of nitrogens with zero attached hydrogens (tertiary/aromatic N) is 2. The first-order valence-corrected chi connectivity index (χ1v) is 9.80. The van der Waals surface area contributed by atoms with Crippen molar-refractivity contribution in [1.29, 1.82) is 0 Å². The molecular formula is C21H28N2O3. The lowest BCUT2D eigenvalue weighted by Crippen LogP contribution is -2.38. The van der Waals surface area contributed by atoms with Gasteiger partial charge in [-0.05, 0) is 31.4 Å². The number of imide groups is 1. The topological polar surface area (TPSA) is 57.7 Å². The molecule has 0 radical (unpaired) electrons. The Morgan fingerprint density at radius 3 is 2.12 bits per heavy atom. The molecule has 1 heterocycles. The largest absolute Gasteiger partial charge is 0.343 e. The van der Waals surface area contributed by atoms with Gasteiger partial charge in [0.1, 0.15) is 0 Å². The van der Waals surface area contributed by atoms with Gasteiger partial charge in [-0.3, -0.25) is 19.3 Å². The monoisotopic (exact) mass is 356 g/mol. The molecule has 0 bridgehead atoms. The number of fused-ring (bicyclic) bond motifs is 1. The summed E-state index contributed by atoms with van der Waals surface area (Å²) in [6.07, 6.45) is 9.28. The third-order valence-corrected chi connectivity index (χ3v) is 5.67. The van der Waals surface area contributed by atoms with Crippen molar-refractivity contribution in [2.45, 2.75) is 63.8 Å². The predicted octanol–water partition coefficient (Wildman–Crippen LogP) is 3.63. The van der Waals surface area contributed by atoms with Gasteiger partial charge >= 0.3 is 0 Å². The molecule has 0 spiro atoms. The number of rotatable bonds is 5. The molecule has 0 unspecified atom stereocenters. The van der Waals surface area contributed by atoms with Crippen molar-refractivity contribution >= 4 is 17.7 Å². The van der Waals surface area contributed by atoms with Gasteiger partial charge in [-0.15, -0.1) is 0 Å². The van der Waals surface area contributed by atoms with Crippen LogP contribution in [0.4, 0.5) is 0 Å². The van der Waals surface area contributed by atoms with E-state index in [1.54, 1.807) is 24.3 Å². The summed E-state index contributed by atoms with van der Waals surface area (Å²) in [7, 11) is 1.90. The molecule has 1 fully saturated rings. The maximum Gasteiger partial charge on any atom is 0.261 e. The smallest absolute Gasteiger partial charge is 0.261 e. The zero-order valence-electron chi connectivity index (χ0n) is 15.6. The Balaban J connectivity index is 1.49. The minimum Gasteiger partial charge on any atom is -0.343 e. The highest BCUT2D eigenvalue weighted by atomic mass is 16.2. The first kappa shape index (κ1) is 18.6. The number of benzene rings is 1. The van der Waals surface area contributed by atoms with Gasteiger partial charge in [-0.2, -0.15) is 0 Å². The number of amides is 3. The summed E-state index contributed by atoms with van der Waals surface area (Å²) in [5, 5.41) is 0. The van der Waals surface area contributed by atoms with Crippen LogP contribution in [-0.2, 0) is 4.79 Å². The molecule has 0 aromatic heterocycles. The Labute approximate surface area is 155 Å². The van der Waals surface area contributed by atoms with Crippen LogP contribution in [0.5, 0.6) is 0 Å². The minimum absolute atomic E-state index is 0.118. The fourth-order valence-corrected chi connectivity index (χ4v) is 4.03. The molecule has 3 rings (SSSR count). The van der Waals surface area contributed by atoms with E-state index in [0.717, 1.165) is 12.8 Å². The molecule has 1 aromatic rings. The highest BCUT2D eigenvalue weighted by Gasteiger charge is 2.34. The summed E-state index contributed by atoms with van der Waals surface area (Å²) in [5.74, 6) is -0.370. The maximum atomic E-state index is 12.5. The van der Waals surface area contributed by atoms with Crippen LogP contribution >= 0.6 is 0 Å². The Morgan fingerprint density at radius 2 is 1.54 bits per heavy atom. The maximum absolute atomic E-state index is 12.5. The van der Waals surface area contributed by atoms with Crippen molar-refractivity contribution in [1.82, 2.24) is 9.80 Å². The van der Waals surface area contributed by atoms with Crippen molar-refractivity contribution in [3.8, 4) is 0 Å². The van der Waals surface area contributed by atoms with E-state index in [1.807, 2.05) is 11.9 Å². The summed E-state index contributed by atoms with van der Waals surface area (Å²) < 4.78 is 0. The first-order chi connectivity index (χ1) is 12.6. The molecule has 3 amide bonds. The molecule has 1 aromatic carbocycles. The van der Waals surface area contributed by atoms with E-state index in [9.17, 15) is 14.4 Å². The average Bonchev–Trinajstić information content (AvgIpc) is 2.86. The van der Waals surface area contributed by atoms with Crippen LogP contribution < -0.4 is 0 Å². The highest BCUT2D eigenvalue weighted by Crippen LogP contribution is 2.24. The van der Waals surface area contributed by atoms with Gasteiger partial charge in [0.05, 0.1) is 11.1 Å². The second-order valence-electron chi connectivity index (χ2n) is 7.41. The minimum atomic E-state index is -0.244. The Hall–Kier alpha value is -2.17. The molecule has 0 saturated heterocycles. The van der Waals surface area contributed by atoms with Crippen LogP contribution in [0.3, 0.4) is 0 Å². The number of hydrogen-bond acceptors (Lipinski definition) is 3. The SMILES string of the molecule is CN(C(=O)CCCN1C(=O)c2ccccc2C1=O)C1CCCCCCC1. The lowest BCUT2D eigenvalue weighted by atomic mass is 9.95.